The van der Waals surface area contributed by atoms with Crippen molar-refractivity contribution in [2.24, 2.45) is 0 Å². The quantitative estimate of drug-likeness (QED) is 0.439. The minimum absolute atomic E-state index is 0.00853. The summed E-state index contributed by atoms with van der Waals surface area (Å²) in [7, 11) is 0. The van der Waals surface area contributed by atoms with Crippen molar-refractivity contribution in [3.05, 3.63) is 88.9 Å². The van der Waals surface area contributed by atoms with Gasteiger partial charge >= 0.3 is 5.97 Å². The maximum absolute atomic E-state index is 12.8. The second-order valence-electron chi connectivity index (χ2n) is 8.39. The van der Waals surface area contributed by atoms with Crippen LogP contribution in [-0.4, -0.2) is 62.1 Å². The average Bonchev–Trinajstić information content (AvgIpc) is 2.93. The van der Waals surface area contributed by atoms with E-state index >= 15 is 0 Å². The van der Waals surface area contributed by atoms with E-state index in [0.29, 0.717) is 53.8 Å². The summed E-state index contributed by atoms with van der Waals surface area (Å²) in [5.41, 5.74) is 2.21. The minimum atomic E-state index is -0.472. The van der Waals surface area contributed by atoms with Crippen molar-refractivity contribution >= 4 is 40.8 Å². The Morgan fingerprint density at radius 1 is 0.892 bits per heavy atom. The molecule has 1 saturated heterocycles. The molecular weight excluding hydrogens is 494 g/mol. The van der Waals surface area contributed by atoms with Crippen LogP contribution in [0.25, 0.3) is 0 Å². The van der Waals surface area contributed by atoms with Gasteiger partial charge in [-0.2, -0.15) is 0 Å². The Bertz CT molecular complexity index is 1240. The molecule has 0 bridgehead atoms. The lowest BCUT2D eigenvalue weighted by Crippen LogP contribution is -2.49. The van der Waals surface area contributed by atoms with Crippen LogP contribution in [0.15, 0.2) is 72.8 Å². The molecule has 4 rings (SSSR count). The normalized spacial score (nSPS) is 13.1. The number of ether oxygens (including phenoxy) is 2. The second-order valence-corrected chi connectivity index (χ2v) is 8.82. The lowest BCUT2D eigenvalue weighted by atomic mass is 10.1. The third-order valence-corrected chi connectivity index (χ3v) is 6.15. The van der Waals surface area contributed by atoms with Crippen LogP contribution in [0.2, 0.25) is 5.02 Å². The number of amides is 2. The first-order chi connectivity index (χ1) is 17.9. The van der Waals surface area contributed by atoms with Crippen molar-refractivity contribution in [3.8, 4) is 5.75 Å². The number of hydrogen-bond acceptors (Lipinski definition) is 6. The average molecular weight is 522 g/mol. The maximum atomic E-state index is 12.8. The number of nitrogens with zero attached hydrogens (tertiary/aromatic N) is 2. The molecule has 0 aliphatic carbocycles. The van der Waals surface area contributed by atoms with Crippen molar-refractivity contribution in [2.45, 2.75) is 6.92 Å². The molecule has 3 aromatic carbocycles. The molecule has 9 heteroatoms. The van der Waals surface area contributed by atoms with Gasteiger partial charge in [-0.1, -0.05) is 29.8 Å². The van der Waals surface area contributed by atoms with Crippen LogP contribution in [0, 0.1) is 0 Å². The lowest BCUT2D eigenvalue weighted by molar-refractivity contribution is -0.118. The molecule has 1 aliphatic rings. The third kappa shape index (κ3) is 6.80. The molecule has 2 amide bonds. The number of benzene rings is 3. The molecule has 1 heterocycles. The van der Waals surface area contributed by atoms with Gasteiger partial charge in [0.05, 0.1) is 23.5 Å². The number of carbonyl (C=O) groups is 3. The van der Waals surface area contributed by atoms with E-state index in [1.165, 1.54) is 0 Å². The summed E-state index contributed by atoms with van der Waals surface area (Å²) < 4.78 is 10.7. The number of carbonyl (C=O) groups excluding carboxylic acids is 3. The van der Waals surface area contributed by atoms with Gasteiger partial charge in [-0.15, -0.1) is 0 Å². The van der Waals surface area contributed by atoms with E-state index in [4.69, 9.17) is 21.1 Å². The van der Waals surface area contributed by atoms with Crippen LogP contribution in [0.5, 0.6) is 5.75 Å². The van der Waals surface area contributed by atoms with Crippen molar-refractivity contribution < 1.29 is 23.9 Å². The summed E-state index contributed by atoms with van der Waals surface area (Å²) in [5, 5.41) is 3.44. The van der Waals surface area contributed by atoms with Crippen LogP contribution < -0.4 is 15.0 Å². The highest BCUT2D eigenvalue weighted by Crippen LogP contribution is 2.29. The van der Waals surface area contributed by atoms with Gasteiger partial charge in [-0.25, -0.2) is 4.79 Å². The lowest BCUT2D eigenvalue weighted by Gasteiger charge is -2.37. The van der Waals surface area contributed by atoms with E-state index in [0.717, 1.165) is 5.69 Å². The molecule has 0 saturated carbocycles. The van der Waals surface area contributed by atoms with Crippen molar-refractivity contribution in [1.82, 2.24) is 4.90 Å². The number of halogens is 1. The fourth-order valence-electron chi connectivity index (χ4n) is 4.03. The highest BCUT2D eigenvalue weighted by atomic mass is 35.5. The molecule has 0 radical (unpaired) electrons. The molecule has 37 heavy (non-hydrogen) atoms. The molecule has 0 unspecified atom stereocenters. The van der Waals surface area contributed by atoms with Gasteiger partial charge in [0.1, 0.15) is 5.75 Å². The van der Waals surface area contributed by atoms with Crippen LogP contribution in [0.1, 0.15) is 27.6 Å². The fourth-order valence-corrected chi connectivity index (χ4v) is 4.16. The first-order valence-electron chi connectivity index (χ1n) is 12.0. The number of hydrogen-bond donors (Lipinski definition) is 1. The summed E-state index contributed by atoms with van der Waals surface area (Å²) in [5.74, 6) is -0.347. The summed E-state index contributed by atoms with van der Waals surface area (Å²) in [6.45, 7) is 3.96. The molecule has 0 atom stereocenters. The zero-order chi connectivity index (χ0) is 26.2. The van der Waals surface area contributed by atoms with Gasteiger partial charge in [-0.3, -0.25) is 9.59 Å². The predicted octanol–water partition coefficient (Wildman–Crippen LogP) is 4.50. The van der Waals surface area contributed by atoms with Crippen molar-refractivity contribution in [2.75, 3.05) is 49.6 Å². The Balaban J connectivity index is 1.46. The van der Waals surface area contributed by atoms with Gasteiger partial charge in [0, 0.05) is 36.8 Å². The molecule has 3 aromatic rings. The Labute approximate surface area is 220 Å². The Hall–Kier alpha value is -4.04. The molecule has 192 valence electrons. The van der Waals surface area contributed by atoms with E-state index in [1.54, 1.807) is 49.4 Å². The summed E-state index contributed by atoms with van der Waals surface area (Å²) >= 11 is 5.89. The van der Waals surface area contributed by atoms with E-state index in [-0.39, 0.29) is 25.0 Å². The van der Waals surface area contributed by atoms with Crippen LogP contribution in [0.3, 0.4) is 0 Å². The van der Waals surface area contributed by atoms with Crippen LogP contribution in [0.4, 0.5) is 11.4 Å². The Morgan fingerprint density at radius 3 is 2.27 bits per heavy atom. The van der Waals surface area contributed by atoms with E-state index in [9.17, 15) is 14.4 Å². The highest BCUT2D eigenvalue weighted by molar-refractivity contribution is 6.30. The maximum Gasteiger partial charge on any atom is 0.338 e. The topological polar surface area (TPSA) is 88.2 Å². The molecule has 1 fully saturated rings. The number of anilines is 2. The largest absolute Gasteiger partial charge is 0.484 e. The standard InChI is InChI=1S/C28H28ClN3O5/c1-2-36-28(35)21-8-13-25(24(18-21)30-26(33)19-37-23-11-9-22(29)10-12-23)31-14-16-32(17-15-31)27(34)20-6-4-3-5-7-20/h3-13,18H,2,14-17,19H2,1H3,(H,30,33). The molecule has 8 nitrogen and oxygen atoms in total. The van der Waals surface area contributed by atoms with Crippen molar-refractivity contribution in [3.63, 3.8) is 0 Å². The predicted molar refractivity (Wildman–Crippen MR) is 143 cm³/mol. The molecule has 1 aliphatic heterocycles. The summed E-state index contributed by atoms with van der Waals surface area (Å²) in [6, 6.07) is 21.0. The highest BCUT2D eigenvalue weighted by Gasteiger charge is 2.24. The number of nitrogens with one attached hydrogen (secondary N) is 1. The smallest absolute Gasteiger partial charge is 0.338 e. The monoisotopic (exact) mass is 521 g/mol. The zero-order valence-electron chi connectivity index (χ0n) is 20.5. The first kappa shape index (κ1) is 26.0. The summed E-state index contributed by atoms with van der Waals surface area (Å²) in [4.78, 5) is 41.8. The van der Waals surface area contributed by atoms with E-state index < -0.39 is 5.97 Å². The molecule has 0 aromatic heterocycles. The van der Waals surface area contributed by atoms with E-state index in [2.05, 4.69) is 10.2 Å². The Morgan fingerprint density at radius 2 is 1.59 bits per heavy atom. The van der Waals surface area contributed by atoms with Gasteiger partial charge in [-0.05, 0) is 61.5 Å². The number of esters is 1. The SMILES string of the molecule is CCOC(=O)c1ccc(N2CCN(C(=O)c3ccccc3)CC2)c(NC(=O)COc2ccc(Cl)cc2)c1. The van der Waals surface area contributed by atoms with Gasteiger partial charge < -0.3 is 24.6 Å². The minimum Gasteiger partial charge on any atom is -0.484 e. The number of piperazine rings is 1. The second kappa shape index (κ2) is 12.3. The van der Waals surface area contributed by atoms with Crippen LogP contribution >= 0.6 is 11.6 Å². The van der Waals surface area contributed by atoms with Gasteiger partial charge in [0.25, 0.3) is 11.8 Å². The van der Waals surface area contributed by atoms with Gasteiger partial charge in [0.2, 0.25) is 0 Å². The Kier molecular flexibility index (Phi) is 8.64. The molecular formula is C28H28ClN3O5. The zero-order valence-corrected chi connectivity index (χ0v) is 21.2. The van der Waals surface area contributed by atoms with Gasteiger partial charge in [0.15, 0.2) is 6.61 Å². The molecule has 0 spiro atoms. The summed E-state index contributed by atoms with van der Waals surface area (Å²) in [6.07, 6.45) is 0. The fraction of sp³-hybridized carbons (Fsp3) is 0.250. The van der Waals surface area contributed by atoms with Crippen molar-refractivity contribution in [1.29, 1.82) is 0 Å². The number of rotatable bonds is 8. The third-order valence-electron chi connectivity index (χ3n) is 5.89. The van der Waals surface area contributed by atoms with E-state index in [1.807, 2.05) is 35.2 Å². The molecule has 1 N–H and O–H groups in total. The first-order valence-corrected chi connectivity index (χ1v) is 12.4. The van der Waals surface area contributed by atoms with Crippen LogP contribution in [-0.2, 0) is 9.53 Å².